The van der Waals surface area contributed by atoms with Crippen LogP contribution in [0.15, 0.2) is 70.8 Å². The highest BCUT2D eigenvalue weighted by Gasteiger charge is 2.28. The average molecular weight is 478 g/mol. The van der Waals surface area contributed by atoms with Crippen LogP contribution in [-0.2, 0) is 4.74 Å². The molecule has 0 aliphatic carbocycles. The Labute approximate surface area is 202 Å². The third kappa shape index (κ3) is 4.73. The molecule has 8 heteroatoms. The van der Waals surface area contributed by atoms with E-state index in [4.69, 9.17) is 14.5 Å². The SMILES string of the molecule is CCOc1ccc(-n2c(C(C)N(CCOC)C(=O)c3cccs3)nc3ccccc3c2=O)cc1. The highest BCUT2D eigenvalue weighted by atomic mass is 32.1. The van der Waals surface area contributed by atoms with Crippen LogP contribution in [0, 0.1) is 0 Å². The smallest absolute Gasteiger partial charge is 0.266 e. The molecule has 0 aliphatic heterocycles. The zero-order valence-electron chi connectivity index (χ0n) is 19.4. The summed E-state index contributed by atoms with van der Waals surface area (Å²) in [4.78, 5) is 34.2. The Hall–Kier alpha value is -3.49. The standard InChI is InChI=1S/C26H27N3O4S/c1-4-33-20-13-11-19(12-14-20)29-24(27-22-9-6-5-8-21(22)25(29)30)18(2)28(15-16-32-3)26(31)23-10-7-17-34-23/h5-14,17-18H,4,15-16H2,1-3H3. The van der Waals surface area contributed by atoms with Gasteiger partial charge in [0.15, 0.2) is 0 Å². The Morgan fingerprint density at radius 1 is 1.12 bits per heavy atom. The van der Waals surface area contributed by atoms with E-state index in [-0.39, 0.29) is 11.5 Å². The molecule has 34 heavy (non-hydrogen) atoms. The molecule has 0 aliphatic rings. The average Bonchev–Trinajstić information content (AvgIpc) is 3.40. The molecule has 0 radical (unpaired) electrons. The highest BCUT2D eigenvalue weighted by molar-refractivity contribution is 7.12. The monoisotopic (exact) mass is 477 g/mol. The third-order valence-electron chi connectivity index (χ3n) is 5.58. The maximum atomic E-state index is 13.7. The first-order valence-electron chi connectivity index (χ1n) is 11.1. The van der Waals surface area contributed by atoms with Gasteiger partial charge in [-0.2, -0.15) is 0 Å². The van der Waals surface area contributed by atoms with Gasteiger partial charge in [-0.15, -0.1) is 11.3 Å². The summed E-state index contributed by atoms with van der Waals surface area (Å²) in [7, 11) is 1.60. The van der Waals surface area contributed by atoms with Crippen molar-refractivity contribution < 1.29 is 14.3 Å². The van der Waals surface area contributed by atoms with Crippen LogP contribution in [0.2, 0.25) is 0 Å². The van der Waals surface area contributed by atoms with Gasteiger partial charge >= 0.3 is 0 Å². The highest BCUT2D eigenvalue weighted by Crippen LogP contribution is 2.26. The number of hydrogen-bond acceptors (Lipinski definition) is 6. The van der Waals surface area contributed by atoms with Crippen molar-refractivity contribution in [1.29, 1.82) is 0 Å². The number of thiophene rings is 1. The lowest BCUT2D eigenvalue weighted by molar-refractivity contribution is 0.0610. The molecular weight excluding hydrogens is 450 g/mol. The number of benzene rings is 2. The molecule has 0 saturated heterocycles. The fourth-order valence-corrected chi connectivity index (χ4v) is 4.56. The molecule has 2 heterocycles. The molecule has 0 fully saturated rings. The number of hydrogen-bond donors (Lipinski definition) is 0. The number of carbonyl (C=O) groups excluding carboxylic acids is 1. The predicted octanol–water partition coefficient (Wildman–Crippen LogP) is 4.70. The molecule has 0 N–H and O–H groups in total. The molecule has 2 aromatic carbocycles. The van der Waals surface area contributed by atoms with E-state index in [9.17, 15) is 9.59 Å². The molecule has 1 amide bonds. The fraction of sp³-hybridized carbons (Fsp3) is 0.269. The summed E-state index contributed by atoms with van der Waals surface area (Å²) < 4.78 is 12.4. The van der Waals surface area contributed by atoms with Gasteiger partial charge in [-0.1, -0.05) is 18.2 Å². The minimum Gasteiger partial charge on any atom is -0.494 e. The fourth-order valence-electron chi connectivity index (χ4n) is 3.88. The Morgan fingerprint density at radius 3 is 2.56 bits per heavy atom. The molecule has 4 aromatic rings. The van der Waals surface area contributed by atoms with Crippen LogP contribution in [0.25, 0.3) is 16.6 Å². The predicted molar refractivity (Wildman–Crippen MR) is 134 cm³/mol. The second-order valence-electron chi connectivity index (χ2n) is 7.70. The minimum atomic E-state index is -0.492. The number of nitrogens with zero attached hydrogens (tertiary/aromatic N) is 3. The van der Waals surface area contributed by atoms with E-state index in [0.29, 0.717) is 47.1 Å². The van der Waals surface area contributed by atoms with Crippen molar-refractivity contribution in [3.05, 3.63) is 87.1 Å². The number of methoxy groups -OCH3 is 1. The van der Waals surface area contributed by atoms with Crippen molar-refractivity contribution >= 4 is 28.1 Å². The van der Waals surface area contributed by atoms with Crippen molar-refractivity contribution in [3.63, 3.8) is 0 Å². The van der Waals surface area contributed by atoms with E-state index in [1.54, 1.807) is 28.7 Å². The van der Waals surface area contributed by atoms with Gasteiger partial charge in [0.1, 0.15) is 11.6 Å². The van der Waals surface area contributed by atoms with Crippen LogP contribution in [0.3, 0.4) is 0 Å². The molecule has 176 valence electrons. The van der Waals surface area contributed by atoms with Crippen LogP contribution >= 0.6 is 11.3 Å². The number of carbonyl (C=O) groups is 1. The van der Waals surface area contributed by atoms with Crippen molar-refractivity contribution in [2.24, 2.45) is 0 Å². The summed E-state index contributed by atoms with van der Waals surface area (Å²) in [5.41, 5.74) is 1.06. The van der Waals surface area contributed by atoms with E-state index in [1.165, 1.54) is 11.3 Å². The van der Waals surface area contributed by atoms with Gasteiger partial charge in [-0.05, 0) is 61.7 Å². The maximum absolute atomic E-state index is 13.7. The van der Waals surface area contributed by atoms with Gasteiger partial charge in [0, 0.05) is 13.7 Å². The number of amides is 1. The summed E-state index contributed by atoms with van der Waals surface area (Å²) in [6.07, 6.45) is 0. The van der Waals surface area contributed by atoms with Gasteiger partial charge in [0.25, 0.3) is 11.5 Å². The van der Waals surface area contributed by atoms with Gasteiger partial charge in [0.05, 0.1) is 40.7 Å². The van der Waals surface area contributed by atoms with E-state index < -0.39 is 6.04 Å². The van der Waals surface area contributed by atoms with E-state index in [0.717, 1.165) is 5.75 Å². The molecule has 0 spiro atoms. The number of aromatic nitrogens is 2. The minimum absolute atomic E-state index is 0.125. The lowest BCUT2D eigenvalue weighted by Gasteiger charge is -2.30. The van der Waals surface area contributed by atoms with Crippen molar-refractivity contribution in [2.45, 2.75) is 19.9 Å². The summed E-state index contributed by atoms with van der Waals surface area (Å²) in [6.45, 7) is 5.09. The van der Waals surface area contributed by atoms with Gasteiger partial charge < -0.3 is 14.4 Å². The Kier molecular flexibility index (Phi) is 7.40. The van der Waals surface area contributed by atoms with Crippen LogP contribution in [-0.4, -0.2) is 47.2 Å². The molecule has 1 atom stereocenters. The van der Waals surface area contributed by atoms with Crippen molar-refractivity contribution in [1.82, 2.24) is 14.5 Å². The van der Waals surface area contributed by atoms with Crippen LogP contribution < -0.4 is 10.3 Å². The lowest BCUT2D eigenvalue weighted by Crippen LogP contribution is -2.39. The molecule has 0 saturated carbocycles. The normalized spacial score (nSPS) is 12.0. The Balaban J connectivity index is 1.87. The molecule has 0 bridgehead atoms. The van der Waals surface area contributed by atoms with Gasteiger partial charge in [-0.3, -0.25) is 14.2 Å². The van der Waals surface area contributed by atoms with E-state index in [2.05, 4.69) is 0 Å². The van der Waals surface area contributed by atoms with Crippen LogP contribution in [0.5, 0.6) is 5.75 Å². The van der Waals surface area contributed by atoms with Crippen molar-refractivity contribution in [3.8, 4) is 11.4 Å². The van der Waals surface area contributed by atoms with E-state index in [1.807, 2.05) is 67.8 Å². The number of ether oxygens (including phenoxy) is 2. The first-order valence-corrected chi connectivity index (χ1v) is 12.0. The molecule has 7 nitrogen and oxygen atoms in total. The van der Waals surface area contributed by atoms with E-state index >= 15 is 0 Å². The zero-order chi connectivity index (χ0) is 24.1. The number of fused-ring (bicyclic) bond motifs is 1. The first-order chi connectivity index (χ1) is 16.5. The maximum Gasteiger partial charge on any atom is 0.266 e. The topological polar surface area (TPSA) is 73.7 Å². The van der Waals surface area contributed by atoms with Crippen molar-refractivity contribution in [2.75, 3.05) is 26.9 Å². The summed E-state index contributed by atoms with van der Waals surface area (Å²) >= 11 is 1.38. The lowest BCUT2D eigenvalue weighted by atomic mass is 10.1. The molecule has 4 rings (SSSR count). The summed E-state index contributed by atoms with van der Waals surface area (Å²) in [5, 5.41) is 2.39. The molecule has 1 unspecified atom stereocenters. The third-order valence-corrected chi connectivity index (χ3v) is 6.44. The summed E-state index contributed by atoms with van der Waals surface area (Å²) in [6, 6.07) is 17.7. The molecule has 2 aromatic heterocycles. The van der Waals surface area contributed by atoms with Crippen LogP contribution in [0.4, 0.5) is 0 Å². The zero-order valence-corrected chi connectivity index (χ0v) is 20.2. The molecular formula is C26H27N3O4S. The second kappa shape index (κ2) is 10.6. The number of rotatable bonds is 9. The summed E-state index contributed by atoms with van der Waals surface area (Å²) in [5.74, 6) is 1.08. The quantitative estimate of drug-likeness (QED) is 0.350. The first kappa shape index (κ1) is 23.7. The Bertz CT molecular complexity index is 1320. The van der Waals surface area contributed by atoms with Gasteiger partial charge in [-0.25, -0.2) is 4.98 Å². The second-order valence-corrected chi connectivity index (χ2v) is 8.65. The number of para-hydroxylation sites is 1. The van der Waals surface area contributed by atoms with Gasteiger partial charge in [0.2, 0.25) is 0 Å². The van der Waals surface area contributed by atoms with Crippen LogP contribution in [0.1, 0.15) is 35.4 Å². The largest absolute Gasteiger partial charge is 0.494 e. The Morgan fingerprint density at radius 2 is 1.88 bits per heavy atom.